The second kappa shape index (κ2) is 4.69. The van der Waals surface area contributed by atoms with E-state index in [-0.39, 0.29) is 12.2 Å². The monoisotopic (exact) mass is 145 g/mol. The maximum Gasteiger partial charge on any atom is 0.0723 e. The summed E-state index contributed by atoms with van der Waals surface area (Å²) in [6, 6.07) is 0. The summed E-state index contributed by atoms with van der Waals surface area (Å²) in [7, 11) is 0. The zero-order valence-electron chi connectivity index (χ0n) is 7.42. The summed E-state index contributed by atoms with van der Waals surface area (Å²) in [6.07, 6.45) is 0.510. The molecule has 2 heteroatoms. The number of ether oxygens (including phenoxy) is 1. The summed E-state index contributed by atoms with van der Waals surface area (Å²) in [4.78, 5) is 0. The van der Waals surface area contributed by atoms with Gasteiger partial charge in [-0.1, -0.05) is 13.8 Å². The molecule has 0 aliphatic rings. The maximum atomic E-state index is 5.54. The molecular formula is C8H19NO. The smallest absolute Gasteiger partial charge is 0.0723 e. The van der Waals surface area contributed by atoms with Crippen LogP contribution >= 0.6 is 0 Å². The number of hydrogen-bond donors (Lipinski definition) is 1. The van der Waals surface area contributed by atoms with Gasteiger partial charge in [-0.25, -0.2) is 0 Å². The highest BCUT2D eigenvalue weighted by atomic mass is 16.5. The minimum Gasteiger partial charge on any atom is -0.374 e. The third-order valence-electron chi connectivity index (χ3n) is 1.42. The molecule has 0 saturated carbocycles. The molecule has 0 aromatic carbocycles. The van der Waals surface area contributed by atoms with E-state index in [1.807, 2.05) is 13.8 Å². The van der Waals surface area contributed by atoms with Crippen molar-refractivity contribution in [2.24, 2.45) is 11.7 Å². The SMILES string of the molecule is CC(C)OC(CN)C(C)C. The van der Waals surface area contributed by atoms with Gasteiger partial charge in [-0.05, 0) is 19.8 Å². The third kappa shape index (κ3) is 3.85. The molecule has 0 fully saturated rings. The molecule has 1 atom stereocenters. The van der Waals surface area contributed by atoms with Gasteiger partial charge in [-0.3, -0.25) is 0 Å². The molecule has 0 heterocycles. The van der Waals surface area contributed by atoms with Crippen LogP contribution in [0.5, 0.6) is 0 Å². The van der Waals surface area contributed by atoms with E-state index >= 15 is 0 Å². The zero-order chi connectivity index (χ0) is 8.15. The molecule has 0 aliphatic heterocycles. The molecule has 0 bridgehead atoms. The Labute approximate surface area is 63.7 Å². The highest BCUT2D eigenvalue weighted by molar-refractivity contribution is 4.63. The van der Waals surface area contributed by atoms with Crippen molar-refractivity contribution in [2.75, 3.05) is 6.54 Å². The van der Waals surface area contributed by atoms with E-state index in [2.05, 4.69) is 13.8 Å². The second-order valence-corrected chi connectivity index (χ2v) is 3.20. The average molecular weight is 145 g/mol. The van der Waals surface area contributed by atoms with Gasteiger partial charge in [0.1, 0.15) is 0 Å². The van der Waals surface area contributed by atoms with Crippen molar-refractivity contribution >= 4 is 0 Å². The van der Waals surface area contributed by atoms with E-state index in [9.17, 15) is 0 Å². The quantitative estimate of drug-likeness (QED) is 0.649. The van der Waals surface area contributed by atoms with Crippen LogP contribution in [0.2, 0.25) is 0 Å². The Morgan fingerprint density at radius 2 is 1.70 bits per heavy atom. The largest absolute Gasteiger partial charge is 0.374 e. The molecular weight excluding hydrogens is 126 g/mol. The van der Waals surface area contributed by atoms with Gasteiger partial charge in [0.15, 0.2) is 0 Å². The standard InChI is InChI=1S/C8H19NO/c1-6(2)8(5-9)10-7(3)4/h6-8H,5,9H2,1-4H3. The number of rotatable bonds is 4. The lowest BCUT2D eigenvalue weighted by Crippen LogP contribution is -2.31. The van der Waals surface area contributed by atoms with E-state index in [0.29, 0.717) is 12.5 Å². The Bertz CT molecular complexity index is 81.3. The third-order valence-corrected chi connectivity index (χ3v) is 1.42. The zero-order valence-corrected chi connectivity index (χ0v) is 7.42. The van der Waals surface area contributed by atoms with Gasteiger partial charge >= 0.3 is 0 Å². The van der Waals surface area contributed by atoms with Gasteiger partial charge in [-0.15, -0.1) is 0 Å². The molecule has 2 nitrogen and oxygen atoms in total. The average Bonchev–Trinajstić information content (AvgIpc) is 1.81. The number of hydrogen-bond acceptors (Lipinski definition) is 2. The van der Waals surface area contributed by atoms with Crippen molar-refractivity contribution in [3.8, 4) is 0 Å². The van der Waals surface area contributed by atoms with Crippen LogP contribution in [-0.4, -0.2) is 18.8 Å². The van der Waals surface area contributed by atoms with E-state index < -0.39 is 0 Å². The summed E-state index contributed by atoms with van der Waals surface area (Å²) in [5.41, 5.74) is 5.50. The predicted octanol–water partition coefficient (Wildman–Crippen LogP) is 1.39. The van der Waals surface area contributed by atoms with E-state index in [1.54, 1.807) is 0 Å². The van der Waals surface area contributed by atoms with Gasteiger partial charge in [0, 0.05) is 6.54 Å². The predicted molar refractivity (Wildman–Crippen MR) is 43.9 cm³/mol. The Hall–Kier alpha value is -0.0800. The molecule has 0 aliphatic carbocycles. The molecule has 0 rings (SSSR count). The van der Waals surface area contributed by atoms with Crippen molar-refractivity contribution in [1.29, 1.82) is 0 Å². The highest BCUT2D eigenvalue weighted by Crippen LogP contribution is 2.06. The normalized spacial score (nSPS) is 14.7. The summed E-state index contributed by atoms with van der Waals surface area (Å²) < 4.78 is 5.54. The van der Waals surface area contributed by atoms with Crippen LogP contribution in [0.4, 0.5) is 0 Å². The first kappa shape index (κ1) is 9.92. The van der Waals surface area contributed by atoms with Crippen molar-refractivity contribution in [3.05, 3.63) is 0 Å². The molecule has 10 heavy (non-hydrogen) atoms. The summed E-state index contributed by atoms with van der Waals surface area (Å²) >= 11 is 0. The van der Waals surface area contributed by atoms with Crippen LogP contribution < -0.4 is 5.73 Å². The Kier molecular flexibility index (Phi) is 4.65. The maximum absolute atomic E-state index is 5.54. The summed E-state index contributed by atoms with van der Waals surface area (Å²) in [5, 5.41) is 0. The highest BCUT2D eigenvalue weighted by Gasteiger charge is 2.12. The lowest BCUT2D eigenvalue weighted by molar-refractivity contribution is -0.0122. The van der Waals surface area contributed by atoms with Gasteiger partial charge in [0.2, 0.25) is 0 Å². The molecule has 2 N–H and O–H groups in total. The first-order chi connectivity index (χ1) is 4.57. The molecule has 1 unspecified atom stereocenters. The lowest BCUT2D eigenvalue weighted by Gasteiger charge is -2.21. The molecule has 0 saturated heterocycles. The van der Waals surface area contributed by atoms with E-state index in [1.165, 1.54) is 0 Å². The first-order valence-electron chi connectivity index (χ1n) is 3.93. The van der Waals surface area contributed by atoms with E-state index in [4.69, 9.17) is 10.5 Å². The summed E-state index contributed by atoms with van der Waals surface area (Å²) in [6.45, 7) is 8.94. The fraction of sp³-hybridized carbons (Fsp3) is 1.00. The second-order valence-electron chi connectivity index (χ2n) is 3.20. The molecule has 0 aromatic heterocycles. The van der Waals surface area contributed by atoms with Crippen molar-refractivity contribution < 1.29 is 4.74 Å². The van der Waals surface area contributed by atoms with Gasteiger partial charge < -0.3 is 10.5 Å². The van der Waals surface area contributed by atoms with Crippen LogP contribution in [0.1, 0.15) is 27.7 Å². The molecule has 0 radical (unpaired) electrons. The molecule has 0 spiro atoms. The Morgan fingerprint density at radius 3 is 1.80 bits per heavy atom. The van der Waals surface area contributed by atoms with Crippen LogP contribution in [0, 0.1) is 5.92 Å². The van der Waals surface area contributed by atoms with Gasteiger partial charge in [0.25, 0.3) is 0 Å². The Morgan fingerprint density at radius 1 is 1.20 bits per heavy atom. The van der Waals surface area contributed by atoms with Gasteiger partial charge in [-0.2, -0.15) is 0 Å². The lowest BCUT2D eigenvalue weighted by atomic mass is 10.1. The fourth-order valence-corrected chi connectivity index (χ4v) is 0.834. The first-order valence-corrected chi connectivity index (χ1v) is 3.93. The molecule has 0 amide bonds. The number of nitrogens with two attached hydrogens (primary N) is 1. The fourth-order valence-electron chi connectivity index (χ4n) is 0.834. The van der Waals surface area contributed by atoms with Gasteiger partial charge in [0.05, 0.1) is 12.2 Å². The minimum atomic E-state index is 0.222. The van der Waals surface area contributed by atoms with Crippen molar-refractivity contribution in [2.45, 2.75) is 39.9 Å². The minimum absolute atomic E-state index is 0.222. The molecule has 0 aromatic rings. The van der Waals surface area contributed by atoms with Crippen LogP contribution in [0.25, 0.3) is 0 Å². The van der Waals surface area contributed by atoms with Crippen molar-refractivity contribution in [3.63, 3.8) is 0 Å². The molecule has 62 valence electrons. The Balaban J connectivity index is 3.60. The topological polar surface area (TPSA) is 35.2 Å². The van der Waals surface area contributed by atoms with Crippen LogP contribution in [-0.2, 0) is 4.74 Å². The van der Waals surface area contributed by atoms with E-state index in [0.717, 1.165) is 0 Å². The van der Waals surface area contributed by atoms with Crippen LogP contribution in [0.15, 0.2) is 0 Å². The van der Waals surface area contributed by atoms with Crippen molar-refractivity contribution in [1.82, 2.24) is 0 Å². The van der Waals surface area contributed by atoms with Crippen LogP contribution in [0.3, 0.4) is 0 Å². The summed E-state index contributed by atoms with van der Waals surface area (Å²) in [5.74, 6) is 0.521.